The average molecular weight is 187 g/mol. The zero-order valence-electron chi connectivity index (χ0n) is 7.31. The van der Waals surface area contributed by atoms with Gasteiger partial charge in [0.1, 0.15) is 11.5 Å². The highest BCUT2D eigenvalue weighted by atomic mass is 35.5. The predicted octanol–water partition coefficient (Wildman–Crippen LogP) is 2.67. The zero-order chi connectivity index (χ0) is 9.30. The van der Waals surface area contributed by atoms with Crippen molar-refractivity contribution >= 4 is 11.6 Å². The van der Waals surface area contributed by atoms with E-state index in [0.717, 1.165) is 11.1 Å². The molecule has 0 atom stereocenters. The van der Waals surface area contributed by atoms with Gasteiger partial charge in [-0.05, 0) is 19.9 Å². The summed E-state index contributed by atoms with van der Waals surface area (Å²) in [6.07, 6.45) is 0. The van der Waals surface area contributed by atoms with E-state index < -0.39 is 0 Å². The van der Waals surface area contributed by atoms with E-state index in [-0.39, 0.29) is 5.75 Å². The SMILES string of the molecule is COc1c(C)c(O)cc(Cl)c1C. The molecular weight excluding hydrogens is 176 g/mol. The lowest BCUT2D eigenvalue weighted by Gasteiger charge is -2.10. The number of benzene rings is 1. The summed E-state index contributed by atoms with van der Waals surface area (Å²) in [7, 11) is 1.56. The molecule has 66 valence electrons. The number of hydrogen-bond acceptors (Lipinski definition) is 2. The maximum absolute atomic E-state index is 9.37. The Morgan fingerprint density at radius 1 is 1.33 bits per heavy atom. The summed E-state index contributed by atoms with van der Waals surface area (Å²) in [4.78, 5) is 0. The molecule has 1 N–H and O–H groups in total. The van der Waals surface area contributed by atoms with Gasteiger partial charge in [0.25, 0.3) is 0 Å². The van der Waals surface area contributed by atoms with Gasteiger partial charge in [-0.3, -0.25) is 0 Å². The number of phenolic OH excluding ortho intramolecular Hbond substituents is 1. The van der Waals surface area contributed by atoms with Crippen molar-refractivity contribution in [1.82, 2.24) is 0 Å². The van der Waals surface area contributed by atoms with Crippen LogP contribution in [0.1, 0.15) is 11.1 Å². The first kappa shape index (κ1) is 9.20. The molecule has 0 amide bonds. The fraction of sp³-hybridized carbons (Fsp3) is 0.333. The molecule has 0 aliphatic rings. The number of aromatic hydroxyl groups is 1. The molecule has 1 rings (SSSR count). The van der Waals surface area contributed by atoms with Gasteiger partial charge in [0.15, 0.2) is 0 Å². The molecule has 0 saturated carbocycles. The van der Waals surface area contributed by atoms with Crippen molar-refractivity contribution in [2.24, 2.45) is 0 Å². The lowest BCUT2D eigenvalue weighted by molar-refractivity contribution is 0.400. The van der Waals surface area contributed by atoms with Gasteiger partial charge in [-0.1, -0.05) is 11.6 Å². The molecule has 0 fully saturated rings. The Morgan fingerprint density at radius 2 is 1.92 bits per heavy atom. The minimum absolute atomic E-state index is 0.169. The van der Waals surface area contributed by atoms with Crippen LogP contribution in [0.15, 0.2) is 6.07 Å². The molecule has 3 heteroatoms. The van der Waals surface area contributed by atoms with E-state index in [0.29, 0.717) is 10.8 Å². The van der Waals surface area contributed by atoms with Crippen molar-refractivity contribution in [2.45, 2.75) is 13.8 Å². The van der Waals surface area contributed by atoms with Gasteiger partial charge < -0.3 is 9.84 Å². The number of hydrogen-bond donors (Lipinski definition) is 1. The third-order valence-electron chi connectivity index (χ3n) is 1.89. The maximum atomic E-state index is 9.37. The number of halogens is 1. The molecule has 0 aromatic heterocycles. The van der Waals surface area contributed by atoms with Crippen LogP contribution in [0.5, 0.6) is 11.5 Å². The van der Waals surface area contributed by atoms with Crippen molar-refractivity contribution < 1.29 is 9.84 Å². The van der Waals surface area contributed by atoms with E-state index >= 15 is 0 Å². The maximum Gasteiger partial charge on any atom is 0.129 e. The monoisotopic (exact) mass is 186 g/mol. The molecular formula is C9H11ClO2. The van der Waals surface area contributed by atoms with Gasteiger partial charge in [0, 0.05) is 11.1 Å². The van der Waals surface area contributed by atoms with E-state index in [2.05, 4.69) is 0 Å². The van der Waals surface area contributed by atoms with Crippen molar-refractivity contribution in [3.05, 3.63) is 22.2 Å². The van der Waals surface area contributed by atoms with Gasteiger partial charge in [-0.2, -0.15) is 0 Å². The second-order valence-electron chi connectivity index (χ2n) is 2.66. The number of rotatable bonds is 1. The van der Waals surface area contributed by atoms with E-state index in [1.54, 1.807) is 14.0 Å². The fourth-order valence-electron chi connectivity index (χ4n) is 1.15. The molecule has 2 nitrogen and oxygen atoms in total. The van der Waals surface area contributed by atoms with Crippen LogP contribution in [0.4, 0.5) is 0 Å². The molecule has 0 heterocycles. The molecule has 12 heavy (non-hydrogen) atoms. The van der Waals surface area contributed by atoms with Gasteiger partial charge in [0.2, 0.25) is 0 Å². The van der Waals surface area contributed by atoms with Crippen LogP contribution in [0.3, 0.4) is 0 Å². The smallest absolute Gasteiger partial charge is 0.129 e. The third-order valence-corrected chi connectivity index (χ3v) is 2.28. The highest BCUT2D eigenvalue weighted by Gasteiger charge is 2.10. The first-order valence-corrected chi connectivity index (χ1v) is 3.98. The minimum Gasteiger partial charge on any atom is -0.507 e. The van der Waals surface area contributed by atoms with Gasteiger partial charge in [-0.15, -0.1) is 0 Å². The molecule has 0 aliphatic carbocycles. The Labute approximate surface area is 76.7 Å². The molecule has 0 radical (unpaired) electrons. The highest BCUT2D eigenvalue weighted by molar-refractivity contribution is 6.31. The molecule has 0 unspecified atom stereocenters. The summed E-state index contributed by atoms with van der Waals surface area (Å²) in [5.41, 5.74) is 1.58. The van der Waals surface area contributed by atoms with Crippen LogP contribution in [0, 0.1) is 13.8 Å². The van der Waals surface area contributed by atoms with Crippen LogP contribution in [0.25, 0.3) is 0 Å². The summed E-state index contributed by atoms with van der Waals surface area (Å²) in [5, 5.41) is 9.90. The van der Waals surface area contributed by atoms with Crippen molar-refractivity contribution in [2.75, 3.05) is 7.11 Å². The fourth-order valence-corrected chi connectivity index (χ4v) is 1.34. The first-order chi connectivity index (χ1) is 5.57. The second kappa shape index (κ2) is 3.23. The number of phenols is 1. The molecule has 0 spiro atoms. The predicted molar refractivity (Wildman–Crippen MR) is 49.1 cm³/mol. The van der Waals surface area contributed by atoms with Crippen LogP contribution in [0.2, 0.25) is 5.02 Å². The zero-order valence-corrected chi connectivity index (χ0v) is 8.07. The standard InChI is InChI=1S/C9H11ClO2/c1-5-7(10)4-8(11)6(2)9(5)12-3/h4,11H,1-3H3. The van der Waals surface area contributed by atoms with E-state index in [9.17, 15) is 5.11 Å². The summed E-state index contributed by atoms with van der Waals surface area (Å²) in [5.74, 6) is 0.822. The van der Waals surface area contributed by atoms with Crippen molar-refractivity contribution in [1.29, 1.82) is 0 Å². The minimum atomic E-state index is 0.169. The van der Waals surface area contributed by atoms with Gasteiger partial charge >= 0.3 is 0 Å². The van der Waals surface area contributed by atoms with Crippen LogP contribution < -0.4 is 4.74 Å². The van der Waals surface area contributed by atoms with Gasteiger partial charge in [-0.25, -0.2) is 0 Å². The molecule has 1 aromatic carbocycles. The Hall–Kier alpha value is -0.890. The lowest BCUT2D eigenvalue weighted by Crippen LogP contribution is -1.91. The van der Waals surface area contributed by atoms with Gasteiger partial charge in [0.05, 0.1) is 12.1 Å². The largest absolute Gasteiger partial charge is 0.507 e. The highest BCUT2D eigenvalue weighted by Crippen LogP contribution is 2.35. The third kappa shape index (κ3) is 1.34. The normalized spacial score (nSPS) is 10.0. The van der Waals surface area contributed by atoms with E-state index in [1.807, 2.05) is 6.92 Å². The second-order valence-corrected chi connectivity index (χ2v) is 3.07. The Morgan fingerprint density at radius 3 is 2.42 bits per heavy atom. The molecule has 1 aromatic rings. The molecule has 0 bridgehead atoms. The summed E-state index contributed by atoms with van der Waals surface area (Å²) in [6.45, 7) is 3.64. The Bertz CT molecular complexity index is 282. The van der Waals surface area contributed by atoms with E-state index in [4.69, 9.17) is 16.3 Å². The average Bonchev–Trinajstić information content (AvgIpc) is 2.02. The first-order valence-electron chi connectivity index (χ1n) is 3.60. The molecule has 0 saturated heterocycles. The lowest BCUT2D eigenvalue weighted by atomic mass is 10.1. The quantitative estimate of drug-likeness (QED) is 0.731. The van der Waals surface area contributed by atoms with Crippen LogP contribution in [-0.4, -0.2) is 12.2 Å². The molecule has 0 aliphatic heterocycles. The number of ether oxygens (including phenoxy) is 1. The van der Waals surface area contributed by atoms with Crippen molar-refractivity contribution in [3.8, 4) is 11.5 Å². The van der Waals surface area contributed by atoms with Crippen LogP contribution in [-0.2, 0) is 0 Å². The summed E-state index contributed by atoms with van der Waals surface area (Å²) in [6, 6.07) is 1.52. The summed E-state index contributed by atoms with van der Waals surface area (Å²) < 4.78 is 5.09. The topological polar surface area (TPSA) is 29.5 Å². The van der Waals surface area contributed by atoms with E-state index in [1.165, 1.54) is 6.07 Å². The van der Waals surface area contributed by atoms with Crippen molar-refractivity contribution in [3.63, 3.8) is 0 Å². The van der Waals surface area contributed by atoms with Crippen LogP contribution >= 0.6 is 11.6 Å². The Balaban J connectivity index is 3.42. The Kier molecular flexibility index (Phi) is 2.48. The summed E-state index contributed by atoms with van der Waals surface area (Å²) >= 11 is 5.83. The number of methoxy groups -OCH3 is 1.